The molecule has 0 spiro atoms. The van der Waals surface area contributed by atoms with E-state index in [1.807, 2.05) is 24.3 Å². The molecule has 22 heavy (non-hydrogen) atoms. The Morgan fingerprint density at radius 2 is 2.05 bits per heavy atom. The lowest BCUT2D eigenvalue weighted by atomic mass is 9.76. The van der Waals surface area contributed by atoms with E-state index in [-0.39, 0.29) is 17.2 Å². The van der Waals surface area contributed by atoms with Gasteiger partial charge < -0.3 is 16.2 Å². The lowest BCUT2D eigenvalue weighted by Gasteiger charge is -2.33. The summed E-state index contributed by atoms with van der Waals surface area (Å²) >= 11 is 3.45. The molecule has 1 aromatic rings. The number of hydrogen-bond donors (Lipinski definition) is 3. The number of carbonyl (C=O) groups excluding carboxylic acids is 1. The molecular weight excluding hydrogens is 348 g/mol. The van der Waals surface area contributed by atoms with Crippen molar-refractivity contribution in [2.75, 3.05) is 0 Å². The second-order valence-electron chi connectivity index (χ2n) is 5.38. The van der Waals surface area contributed by atoms with Crippen LogP contribution >= 0.6 is 15.9 Å². The second kappa shape index (κ2) is 5.61. The van der Waals surface area contributed by atoms with E-state index in [0.29, 0.717) is 18.4 Å². The summed E-state index contributed by atoms with van der Waals surface area (Å²) in [6.45, 7) is 0. The number of carboxylic acids is 1. The van der Waals surface area contributed by atoms with Crippen LogP contribution in [-0.4, -0.2) is 16.9 Å². The topological polar surface area (TPSA) is 92.4 Å². The number of Topliss-reactive ketones (excluding diaryl/α,β-unsaturated/α-hetero) is 1. The molecule has 5 nitrogen and oxygen atoms in total. The van der Waals surface area contributed by atoms with Crippen molar-refractivity contribution in [2.24, 2.45) is 5.73 Å². The van der Waals surface area contributed by atoms with Gasteiger partial charge in [-0.2, -0.15) is 0 Å². The summed E-state index contributed by atoms with van der Waals surface area (Å²) in [6, 6.07) is 7.33. The van der Waals surface area contributed by atoms with Crippen LogP contribution in [0.4, 0.5) is 0 Å². The number of rotatable bonds is 2. The highest BCUT2D eigenvalue weighted by Crippen LogP contribution is 2.43. The molecule has 1 heterocycles. The second-order valence-corrected chi connectivity index (χ2v) is 6.24. The zero-order valence-electron chi connectivity index (χ0n) is 11.7. The molecule has 0 saturated carbocycles. The summed E-state index contributed by atoms with van der Waals surface area (Å²) in [7, 11) is 0. The SMILES string of the molecule is NC1=C(C(=O)O)C(c2ccccc2Br)C2=C(CCCC2=O)N1. The molecule has 1 aliphatic heterocycles. The van der Waals surface area contributed by atoms with Crippen LogP contribution in [0.25, 0.3) is 0 Å². The lowest BCUT2D eigenvalue weighted by Crippen LogP contribution is -2.37. The van der Waals surface area contributed by atoms with Crippen molar-refractivity contribution in [1.82, 2.24) is 5.32 Å². The maximum absolute atomic E-state index is 12.4. The van der Waals surface area contributed by atoms with Gasteiger partial charge in [0.2, 0.25) is 0 Å². The minimum Gasteiger partial charge on any atom is -0.478 e. The summed E-state index contributed by atoms with van der Waals surface area (Å²) in [6.07, 6.45) is 1.90. The predicted molar refractivity (Wildman–Crippen MR) is 84.8 cm³/mol. The number of halogens is 1. The zero-order valence-corrected chi connectivity index (χ0v) is 13.3. The first-order chi connectivity index (χ1) is 10.5. The van der Waals surface area contributed by atoms with Crippen molar-refractivity contribution in [3.8, 4) is 0 Å². The molecule has 1 aromatic carbocycles. The van der Waals surface area contributed by atoms with Crippen LogP contribution in [0.1, 0.15) is 30.7 Å². The number of benzene rings is 1. The number of ketones is 1. The maximum atomic E-state index is 12.4. The molecular formula is C16H15BrN2O3. The molecule has 0 aromatic heterocycles. The summed E-state index contributed by atoms with van der Waals surface area (Å²) in [4.78, 5) is 24.1. The van der Waals surface area contributed by atoms with Crippen molar-refractivity contribution >= 4 is 27.7 Å². The Kier molecular flexibility index (Phi) is 3.78. The Labute approximate surface area is 136 Å². The molecule has 3 rings (SSSR count). The van der Waals surface area contributed by atoms with Gasteiger partial charge in [0.25, 0.3) is 0 Å². The standard InChI is InChI=1S/C16H15BrN2O3/c17-9-5-2-1-4-8(9)12-13-10(6-3-7-11(13)20)19-15(18)14(12)16(21)22/h1-2,4-5,12,19H,3,6-7,18H2,(H,21,22). The normalized spacial score (nSPS) is 21.5. The fourth-order valence-corrected chi connectivity index (χ4v) is 3.63. The van der Waals surface area contributed by atoms with Crippen molar-refractivity contribution in [3.05, 3.63) is 57.0 Å². The van der Waals surface area contributed by atoms with E-state index in [4.69, 9.17) is 5.73 Å². The first-order valence-corrected chi connectivity index (χ1v) is 7.80. The van der Waals surface area contributed by atoms with Gasteiger partial charge in [0.1, 0.15) is 5.82 Å². The van der Waals surface area contributed by atoms with Crippen molar-refractivity contribution in [3.63, 3.8) is 0 Å². The van der Waals surface area contributed by atoms with E-state index < -0.39 is 11.9 Å². The van der Waals surface area contributed by atoms with Crippen LogP contribution in [-0.2, 0) is 9.59 Å². The molecule has 0 radical (unpaired) electrons. The highest BCUT2D eigenvalue weighted by Gasteiger charge is 2.39. The predicted octanol–water partition coefficient (Wildman–Crippen LogP) is 2.40. The van der Waals surface area contributed by atoms with Crippen LogP contribution in [0.15, 0.2) is 51.4 Å². The number of allylic oxidation sites excluding steroid dienone is 2. The van der Waals surface area contributed by atoms with E-state index in [0.717, 1.165) is 22.2 Å². The first kappa shape index (κ1) is 14.8. The van der Waals surface area contributed by atoms with Gasteiger partial charge in [-0.3, -0.25) is 4.79 Å². The Bertz CT molecular complexity index is 737. The number of hydrogen-bond acceptors (Lipinski definition) is 4. The third-order valence-corrected chi connectivity index (χ3v) is 4.78. The quantitative estimate of drug-likeness (QED) is 0.751. The van der Waals surface area contributed by atoms with Crippen LogP contribution in [0, 0.1) is 0 Å². The fourth-order valence-electron chi connectivity index (χ4n) is 3.12. The molecule has 4 N–H and O–H groups in total. The van der Waals surface area contributed by atoms with Gasteiger partial charge in [-0.25, -0.2) is 4.79 Å². The summed E-state index contributed by atoms with van der Waals surface area (Å²) in [5.74, 6) is -1.66. The number of dihydropyridines is 1. The molecule has 0 bridgehead atoms. The monoisotopic (exact) mass is 362 g/mol. The van der Waals surface area contributed by atoms with Gasteiger partial charge in [-0.1, -0.05) is 34.1 Å². The van der Waals surface area contributed by atoms with Crippen molar-refractivity contribution in [2.45, 2.75) is 25.2 Å². The molecule has 1 atom stereocenters. The fraction of sp³-hybridized carbons (Fsp3) is 0.250. The molecule has 1 unspecified atom stereocenters. The highest BCUT2D eigenvalue weighted by atomic mass is 79.9. The molecule has 6 heteroatoms. The Morgan fingerprint density at radius 1 is 1.32 bits per heavy atom. The lowest BCUT2D eigenvalue weighted by molar-refractivity contribution is -0.133. The van der Waals surface area contributed by atoms with Crippen LogP contribution < -0.4 is 11.1 Å². The van der Waals surface area contributed by atoms with Gasteiger partial charge in [-0.05, 0) is 24.5 Å². The summed E-state index contributed by atoms with van der Waals surface area (Å²) in [5, 5.41) is 12.5. The van der Waals surface area contributed by atoms with Gasteiger partial charge in [0.05, 0.1) is 11.5 Å². The van der Waals surface area contributed by atoms with Crippen LogP contribution in [0.2, 0.25) is 0 Å². The van der Waals surface area contributed by atoms with Gasteiger partial charge in [0, 0.05) is 22.2 Å². The largest absolute Gasteiger partial charge is 0.478 e. The van der Waals surface area contributed by atoms with E-state index in [2.05, 4.69) is 21.2 Å². The van der Waals surface area contributed by atoms with Gasteiger partial charge in [0.15, 0.2) is 5.78 Å². The van der Waals surface area contributed by atoms with E-state index in [9.17, 15) is 14.7 Å². The van der Waals surface area contributed by atoms with E-state index in [1.165, 1.54) is 0 Å². The Hall–Kier alpha value is -2.08. The average molecular weight is 363 g/mol. The van der Waals surface area contributed by atoms with Crippen molar-refractivity contribution in [1.29, 1.82) is 0 Å². The smallest absolute Gasteiger partial charge is 0.336 e. The number of carbonyl (C=O) groups is 2. The number of carboxylic acid groups (broad SMARTS) is 1. The first-order valence-electron chi connectivity index (χ1n) is 7.01. The number of aliphatic carboxylic acids is 1. The highest BCUT2D eigenvalue weighted by molar-refractivity contribution is 9.10. The van der Waals surface area contributed by atoms with Gasteiger partial charge in [-0.15, -0.1) is 0 Å². The van der Waals surface area contributed by atoms with E-state index in [1.54, 1.807) is 0 Å². The molecule has 0 amide bonds. The zero-order chi connectivity index (χ0) is 15.9. The molecule has 114 valence electrons. The Balaban J connectivity index is 2.24. The molecule has 1 aliphatic carbocycles. The summed E-state index contributed by atoms with van der Waals surface area (Å²) < 4.78 is 0.763. The average Bonchev–Trinajstić information content (AvgIpc) is 2.46. The minimum atomic E-state index is -1.12. The Morgan fingerprint density at radius 3 is 2.73 bits per heavy atom. The number of nitrogens with one attached hydrogen (secondary N) is 1. The molecule has 2 aliphatic rings. The van der Waals surface area contributed by atoms with Crippen LogP contribution in [0.5, 0.6) is 0 Å². The minimum absolute atomic E-state index is 0.0132. The van der Waals surface area contributed by atoms with Crippen LogP contribution in [0.3, 0.4) is 0 Å². The van der Waals surface area contributed by atoms with Gasteiger partial charge >= 0.3 is 5.97 Å². The maximum Gasteiger partial charge on any atom is 0.336 e. The molecule has 0 saturated heterocycles. The molecule has 0 fully saturated rings. The van der Waals surface area contributed by atoms with E-state index >= 15 is 0 Å². The third kappa shape index (κ3) is 2.33. The third-order valence-electron chi connectivity index (χ3n) is 4.06. The van der Waals surface area contributed by atoms with Crippen molar-refractivity contribution < 1.29 is 14.7 Å². The number of nitrogens with two attached hydrogens (primary N) is 1. The summed E-state index contributed by atoms with van der Waals surface area (Å²) in [5.41, 5.74) is 7.99.